The minimum Gasteiger partial charge on any atom is -0.278 e. The summed E-state index contributed by atoms with van der Waals surface area (Å²) in [5.74, 6) is 1.84. The molecular weight excluding hydrogens is 763 g/mol. The van der Waals surface area contributed by atoms with Gasteiger partial charge >= 0.3 is 0 Å². The molecule has 1 aliphatic carbocycles. The molecule has 3 aromatic heterocycles. The van der Waals surface area contributed by atoms with Crippen LogP contribution in [-0.2, 0) is 5.41 Å². The molecule has 0 fully saturated rings. The topological polar surface area (TPSA) is 56.5 Å². The first kappa shape index (κ1) is 35.4. The van der Waals surface area contributed by atoms with Gasteiger partial charge in [0.05, 0.1) is 21.3 Å². The van der Waals surface area contributed by atoms with Crippen LogP contribution < -0.4 is 0 Å². The lowest BCUT2D eigenvalue weighted by atomic mass is 9.81. The van der Waals surface area contributed by atoms with E-state index in [0.717, 1.165) is 60.1 Å². The van der Waals surface area contributed by atoms with Gasteiger partial charge in [-0.25, -0.2) is 9.97 Å². The minimum atomic E-state index is -0.178. The first-order valence-electron chi connectivity index (χ1n) is 20.6. The SMILES string of the molecule is CC1(C)c2cc(-c3ccc4c(c3)c3cc(-c5ccccc5)ccc3n4-c3nc(-c4ccccc4)nc(-c4ccccc4)n3)ccc2-c2c1ccc1nc(-c3ccccc3)sc21. The van der Waals surface area contributed by atoms with Gasteiger partial charge in [0.2, 0.25) is 5.95 Å². The molecule has 0 aliphatic heterocycles. The zero-order valence-electron chi connectivity index (χ0n) is 33.5. The van der Waals surface area contributed by atoms with Crippen molar-refractivity contribution in [3.8, 4) is 72.7 Å². The van der Waals surface area contributed by atoms with Crippen molar-refractivity contribution in [3.63, 3.8) is 0 Å². The molecule has 0 unspecified atom stereocenters. The van der Waals surface area contributed by atoms with Crippen LogP contribution in [0.15, 0.2) is 188 Å². The molecular formula is C55H37N5S. The number of hydrogen-bond acceptors (Lipinski definition) is 5. The molecule has 0 amide bonds. The molecule has 0 radical (unpaired) electrons. The van der Waals surface area contributed by atoms with Gasteiger partial charge < -0.3 is 0 Å². The summed E-state index contributed by atoms with van der Waals surface area (Å²) >= 11 is 1.79. The van der Waals surface area contributed by atoms with E-state index in [1.54, 1.807) is 11.3 Å². The third kappa shape index (κ3) is 5.75. The summed E-state index contributed by atoms with van der Waals surface area (Å²) in [4.78, 5) is 20.5. The Kier molecular flexibility index (Phi) is 7.99. The van der Waals surface area contributed by atoms with Crippen molar-refractivity contribution in [1.82, 2.24) is 24.5 Å². The van der Waals surface area contributed by atoms with E-state index >= 15 is 0 Å². The lowest BCUT2D eigenvalue weighted by Gasteiger charge is -2.22. The van der Waals surface area contributed by atoms with Crippen molar-refractivity contribution in [2.45, 2.75) is 19.3 Å². The Hall–Kier alpha value is -7.54. The molecule has 8 aromatic carbocycles. The van der Waals surface area contributed by atoms with Crippen molar-refractivity contribution in [2.75, 3.05) is 0 Å². The van der Waals surface area contributed by atoms with Gasteiger partial charge in [0, 0.05) is 38.4 Å². The van der Waals surface area contributed by atoms with Crippen LogP contribution >= 0.6 is 11.3 Å². The third-order valence-electron chi connectivity index (χ3n) is 12.3. The molecule has 0 saturated carbocycles. The van der Waals surface area contributed by atoms with Crippen molar-refractivity contribution in [3.05, 3.63) is 199 Å². The van der Waals surface area contributed by atoms with Crippen molar-refractivity contribution in [1.29, 1.82) is 0 Å². The number of benzene rings is 8. The van der Waals surface area contributed by atoms with Crippen LogP contribution in [0.2, 0.25) is 0 Å². The van der Waals surface area contributed by atoms with E-state index in [9.17, 15) is 0 Å². The number of nitrogens with zero attached hydrogens (tertiary/aromatic N) is 5. The summed E-state index contributed by atoms with van der Waals surface area (Å²) < 4.78 is 3.46. The van der Waals surface area contributed by atoms with E-state index in [2.05, 4.69) is 170 Å². The maximum atomic E-state index is 5.19. The lowest BCUT2D eigenvalue weighted by molar-refractivity contribution is 0.661. The Labute approximate surface area is 357 Å². The summed E-state index contributed by atoms with van der Waals surface area (Å²) in [7, 11) is 0. The second kappa shape index (κ2) is 13.8. The van der Waals surface area contributed by atoms with Crippen LogP contribution in [0.25, 0.3) is 105 Å². The summed E-state index contributed by atoms with van der Waals surface area (Å²) in [5.41, 5.74) is 15.9. The van der Waals surface area contributed by atoms with Gasteiger partial charge in [-0.05, 0) is 75.3 Å². The molecule has 0 N–H and O–H groups in total. The Morgan fingerprint density at radius 3 is 1.52 bits per heavy atom. The molecule has 0 spiro atoms. The molecule has 11 aromatic rings. The highest BCUT2D eigenvalue weighted by Crippen LogP contribution is 2.53. The van der Waals surface area contributed by atoms with E-state index < -0.39 is 0 Å². The van der Waals surface area contributed by atoms with Gasteiger partial charge in [0.15, 0.2) is 11.6 Å². The second-order valence-electron chi connectivity index (χ2n) is 16.3. The quantitative estimate of drug-likeness (QED) is 0.168. The van der Waals surface area contributed by atoms with Crippen molar-refractivity contribution < 1.29 is 0 Å². The third-order valence-corrected chi connectivity index (χ3v) is 13.4. The molecule has 1 aliphatic rings. The number of thiazole rings is 1. The van der Waals surface area contributed by atoms with E-state index in [1.807, 2.05) is 36.4 Å². The van der Waals surface area contributed by atoms with Gasteiger partial charge in [-0.1, -0.05) is 166 Å². The molecule has 6 heteroatoms. The molecule has 0 saturated heterocycles. The van der Waals surface area contributed by atoms with Gasteiger partial charge in [0.1, 0.15) is 5.01 Å². The standard InChI is InChI=1S/C55H37N5S/c1-55(2)44-27-28-46-50(61-53(56-46)37-21-13-6-14-22-37)49(44)41-26-23-40(33-45(41)55)39-25-30-48-43(32-39)42-31-38(34-15-7-3-8-16-34)24-29-47(42)60(48)54-58-51(35-17-9-4-10-18-35)57-52(59-54)36-19-11-5-12-20-36/h3-33H,1-2H3. The molecule has 12 rings (SSSR count). The lowest BCUT2D eigenvalue weighted by Crippen LogP contribution is -2.14. The Balaban J connectivity index is 1.04. The average Bonchev–Trinajstić information content (AvgIpc) is 3.98. The Morgan fingerprint density at radius 2 is 0.934 bits per heavy atom. The highest BCUT2D eigenvalue weighted by atomic mass is 32.1. The maximum absolute atomic E-state index is 5.19. The van der Waals surface area contributed by atoms with E-state index in [4.69, 9.17) is 19.9 Å². The minimum absolute atomic E-state index is 0.178. The number of hydrogen-bond donors (Lipinski definition) is 0. The van der Waals surface area contributed by atoms with Crippen LogP contribution in [-0.4, -0.2) is 24.5 Å². The number of aromatic nitrogens is 5. The van der Waals surface area contributed by atoms with Crippen LogP contribution in [0.5, 0.6) is 0 Å². The van der Waals surface area contributed by atoms with E-state index in [1.165, 1.54) is 38.1 Å². The second-order valence-corrected chi connectivity index (χ2v) is 17.3. The Bertz CT molecular complexity index is 3420. The largest absolute Gasteiger partial charge is 0.278 e. The average molecular weight is 800 g/mol. The van der Waals surface area contributed by atoms with Gasteiger partial charge in [-0.15, -0.1) is 11.3 Å². The van der Waals surface area contributed by atoms with Crippen molar-refractivity contribution >= 4 is 43.4 Å². The Morgan fingerprint density at radius 1 is 0.426 bits per heavy atom. The van der Waals surface area contributed by atoms with Crippen LogP contribution in [0.4, 0.5) is 0 Å². The number of rotatable bonds is 6. The smallest absolute Gasteiger partial charge is 0.238 e. The zero-order valence-corrected chi connectivity index (χ0v) is 34.4. The highest BCUT2D eigenvalue weighted by molar-refractivity contribution is 7.22. The van der Waals surface area contributed by atoms with Crippen LogP contribution in [0.1, 0.15) is 25.0 Å². The van der Waals surface area contributed by atoms with Crippen LogP contribution in [0.3, 0.4) is 0 Å². The van der Waals surface area contributed by atoms with Gasteiger partial charge in [-0.2, -0.15) is 9.97 Å². The van der Waals surface area contributed by atoms with Crippen molar-refractivity contribution in [2.24, 2.45) is 0 Å². The molecule has 0 bridgehead atoms. The normalized spacial score (nSPS) is 12.9. The monoisotopic (exact) mass is 799 g/mol. The van der Waals surface area contributed by atoms with E-state index in [-0.39, 0.29) is 5.41 Å². The maximum Gasteiger partial charge on any atom is 0.238 e. The molecule has 5 nitrogen and oxygen atoms in total. The first-order chi connectivity index (χ1) is 30.0. The fourth-order valence-corrected chi connectivity index (χ4v) is 10.3. The predicted octanol–water partition coefficient (Wildman–Crippen LogP) is 14.2. The summed E-state index contributed by atoms with van der Waals surface area (Å²) in [6.07, 6.45) is 0. The first-order valence-corrected chi connectivity index (χ1v) is 21.5. The molecule has 61 heavy (non-hydrogen) atoms. The molecule has 288 valence electrons. The fraction of sp³-hybridized carbons (Fsp3) is 0.0545. The fourth-order valence-electron chi connectivity index (χ4n) is 9.21. The zero-order chi connectivity index (χ0) is 40.7. The van der Waals surface area contributed by atoms with E-state index in [0.29, 0.717) is 17.6 Å². The summed E-state index contributed by atoms with van der Waals surface area (Å²) in [6.45, 7) is 4.72. The number of fused-ring (bicyclic) bond motifs is 8. The highest BCUT2D eigenvalue weighted by Gasteiger charge is 2.37. The molecule has 3 heterocycles. The van der Waals surface area contributed by atoms with Crippen LogP contribution in [0, 0.1) is 0 Å². The molecule has 0 atom stereocenters. The summed E-state index contributed by atoms with van der Waals surface area (Å²) in [5, 5.41) is 3.33. The van der Waals surface area contributed by atoms with Gasteiger partial charge in [0.25, 0.3) is 0 Å². The summed E-state index contributed by atoms with van der Waals surface area (Å²) in [6, 6.07) is 66.5. The predicted molar refractivity (Wildman–Crippen MR) is 252 cm³/mol. The van der Waals surface area contributed by atoms with Gasteiger partial charge in [-0.3, -0.25) is 4.57 Å².